The molecule has 18 heteroatoms. The number of nitrogens with one attached hydrogen (secondary N) is 4. The Kier molecular flexibility index (Phi) is 23.3. The highest BCUT2D eigenvalue weighted by Gasteiger charge is 2.36. The van der Waals surface area contributed by atoms with E-state index in [1.807, 2.05) is 72.8 Å². The number of methoxy groups -OCH3 is 2. The largest absolute Gasteiger partial charge is 0.468 e. The van der Waals surface area contributed by atoms with Crippen LogP contribution in [-0.4, -0.2) is 96.1 Å². The number of hydrogen-bond acceptors (Lipinski definition) is 12. The van der Waals surface area contributed by atoms with E-state index in [0.29, 0.717) is 24.0 Å². The van der Waals surface area contributed by atoms with Gasteiger partial charge in [-0.2, -0.15) is 9.90 Å². The van der Waals surface area contributed by atoms with E-state index in [1.165, 1.54) is 21.1 Å². The molecule has 3 unspecified atom stereocenters. The summed E-state index contributed by atoms with van der Waals surface area (Å²) >= 11 is 14.5. The molecule has 14 nitrogen and oxygen atoms in total. The number of rotatable bonds is 10. The Hall–Kier alpha value is -6.48. The van der Waals surface area contributed by atoms with Gasteiger partial charge < -0.3 is 28.9 Å². The van der Waals surface area contributed by atoms with E-state index in [9.17, 15) is 28.8 Å². The third-order valence-electron chi connectivity index (χ3n) is 10.6. The number of para-hydroxylation sites is 2. The standard InChI is InChI=1S/2C23H20N2O4.C3H5ClO.C2H2Cl2O.CH4.H3P/c2*1-3-12-29-22(26)15-10-8-14(9-11-15)20-21-17(13-19(25-20)23(27)28-2)16-6-4-5-7-18(16)24-21;1-3(5)2-4;3-1-2(4)5;;/h2*1,4-11,19-20,24-25H,12-13H2,2H3;2H2,1H3;1H2;1H4;1H3/t2*19-,20?;;;;/m00..../s1. The number of benzene rings is 4. The highest BCUT2D eigenvalue weighted by Crippen LogP contribution is 2.37. The molecule has 4 aromatic carbocycles. The first-order valence-corrected chi connectivity index (χ1v) is 22.3. The maximum atomic E-state index is 12.3. The number of halogens is 3. The number of Topliss-reactive ketones (excluding diaryl/α,β-unsaturated/α-hetero) is 1. The zero-order valence-corrected chi connectivity index (χ0v) is 41.5. The zero-order valence-electron chi connectivity index (χ0n) is 37.9. The van der Waals surface area contributed by atoms with Crippen molar-refractivity contribution in [3.05, 3.63) is 142 Å². The van der Waals surface area contributed by atoms with Crippen molar-refractivity contribution in [3.8, 4) is 24.7 Å². The van der Waals surface area contributed by atoms with Gasteiger partial charge in [0.1, 0.15) is 17.9 Å². The van der Waals surface area contributed by atoms with Crippen LogP contribution >= 0.6 is 44.7 Å². The first-order chi connectivity index (χ1) is 32.8. The molecule has 0 spiro atoms. The van der Waals surface area contributed by atoms with Gasteiger partial charge in [-0.3, -0.25) is 29.8 Å². The summed E-state index contributed by atoms with van der Waals surface area (Å²) in [4.78, 5) is 74.6. The number of carbonyl (C=O) groups excluding carboxylic acids is 6. The quantitative estimate of drug-likeness (QED) is 0.0259. The minimum absolute atomic E-state index is 0. The molecule has 70 heavy (non-hydrogen) atoms. The molecule has 4 heterocycles. The molecule has 6 aromatic rings. The Morgan fingerprint density at radius 3 is 1.26 bits per heavy atom. The van der Waals surface area contributed by atoms with E-state index in [2.05, 4.69) is 32.4 Å². The van der Waals surface area contributed by atoms with Gasteiger partial charge in [-0.05, 0) is 77.2 Å². The maximum Gasteiger partial charge on any atom is 0.339 e. The summed E-state index contributed by atoms with van der Waals surface area (Å²) in [6.07, 6.45) is 11.3. The van der Waals surface area contributed by atoms with Crippen LogP contribution in [0.25, 0.3) is 21.8 Å². The summed E-state index contributed by atoms with van der Waals surface area (Å²) in [5.74, 6) is 3.07. The molecule has 2 aliphatic heterocycles. The predicted molar refractivity (Wildman–Crippen MR) is 278 cm³/mol. The Morgan fingerprint density at radius 2 is 0.957 bits per heavy atom. The topological polar surface area (TPSA) is 195 Å². The van der Waals surface area contributed by atoms with Crippen LogP contribution < -0.4 is 10.6 Å². The van der Waals surface area contributed by atoms with E-state index in [0.717, 1.165) is 55.4 Å². The summed E-state index contributed by atoms with van der Waals surface area (Å²) in [6, 6.07) is 28.8. The Morgan fingerprint density at radius 1 is 0.614 bits per heavy atom. The molecule has 0 amide bonds. The van der Waals surface area contributed by atoms with Gasteiger partial charge in [0.25, 0.3) is 0 Å². The lowest BCUT2D eigenvalue weighted by atomic mass is 9.90. The molecule has 0 radical (unpaired) electrons. The lowest BCUT2D eigenvalue weighted by molar-refractivity contribution is -0.144. The minimum Gasteiger partial charge on any atom is -0.468 e. The fourth-order valence-electron chi connectivity index (χ4n) is 7.59. The van der Waals surface area contributed by atoms with Crippen LogP contribution in [0.15, 0.2) is 97.1 Å². The van der Waals surface area contributed by atoms with Crippen molar-refractivity contribution >= 4 is 101 Å². The summed E-state index contributed by atoms with van der Waals surface area (Å²) in [7, 11) is 2.78. The summed E-state index contributed by atoms with van der Waals surface area (Å²) in [6.45, 7) is 1.32. The van der Waals surface area contributed by atoms with Crippen molar-refractivity contribution in [2.75, 3.05) is 39.2 Å². The molecule has 0 bridgehead atoms. The third-order valence-corrected chi connectivity index (χ3v) is 11.5. The number of H-pyrrole nitrogens is 2. The van der Waals surface area contributed by atoms with Crippen LogP contribution in [0.1, 0.15) is 80.8 Å². The van der Waals surface area contributed by atoms with Gasteiger partial charge >= 0.3 is 23.9 Å². The number of fused-ring (bicyclic) bond motifs is 6. The Balaban J connectivity index is 0.000000303. The van der Waals surface area contributed by atoms with Crippen LogP contribution in [0.3, 0.4) is 0 Å². The van der Waals surface area contributed by atoms with Crippen LogP contribution in [0.5, 0.6) is 0 Å². The number of aromatic amines is 2. The molecule has 2 aromatic heterocycles. The van der Waals surface area contributed by atoms with E-state index in [4.69, 9.17) is 66.6 Å². The molecule has 368 valence electrons. The summed E-state index contributed by atoms with van der Waals surface area (Å²) in [5.41, 5.74) is 8.91. The van der Waals surface area contributed by atoms with Crippen LogP contribution in [-0.2, 0) is 51.0 Å². The highest BCUT2D eigenvalue weighted by molar-refractivity contribution is 6.92. The van der Waals surface area contributed by atoms with Gasteiger partial charge in [-0.15, -0.1) is 36.0 Å². The lowest BCUT2D eigenvalue weighted by Crippen LogP contribution is -2.45. The summed E-state index contributed by atoms with van der Waals surface area (Å²) in [5, 5.41) is 8.43. The van der Waals surface area contributed by atoms with E-state index in [1.54, 1.807) is 24.3 Å². The van der Waals surface area contributed by atoms with Gasteiger partial charge in [-0.25, -0.2) is 9.59 Å². The number of alkyl halides is 2. The predicted octanol–water partition coefficient (Wildman–Crippen LogP) is 7.97. The molecule has 5 atom stereocenters. The van der Waals surface area contributed by atoms with Gasteiger partial charge in [0.05, 0.1) is 49.2 Å². The fraction of sp³-hybridized carbons (Fsp3) is 0.269. The fourth-order valence-corrected chi connectivity index (χ4v) is 7.59. The molecule has 0 fully saturated rings. The number of ether oxygens (including phenoxy) is 4. The van der Waals surface area contributed by atoms with Crippen molar-refractivity contribution in [1.82, 2.24) is 20.6 Å². The number of terminal acetylenes is 2. The van der Waals surface area contributed by atoms with Crippen molar-refractivity contribution in [1.29, 1.82) is 0 Å². The number of hydrogen-bond donors (Lipinski definition) is 4. The van der Waals surface area contributed by atoms with Gasteiger partial charge in [0, 0.05) is 46.0 Å². The number of ketones is 1. The van der Waals surface area contributed by atoms with Crippen molar-refractivity contribution < 1.29 is 47.7 Å². The third kappa shape index (κ3) is 14.8. The molecule has 2 aliphatic rings. The second-order valence-electron chi connectivity index (χ2n) is 15.0. The zero-order chi connectivity index (χ0) is 49.3. The van der Waals surface area contributed by atoms with E-state index >= 15 is 0 Å². The molecule has 0 aliphatic carbocycles. The Bertz CT molecular complexity index is 2660. The maximum absolute atomic E-state index is 12.3. The van der Waals surface area contributed by atoms with Crippen molar-refractivity contribution in [3.63, 3.8) is 0 Å². The number of aromatic nitrogens is 2. The van der Waals surface area contributed by atoms with Crippen LogP contribution in [0.4, 0.5) is 0 Å². The molecular formula is C52H54Cl3N4O10P. The first-order valence-electron chi connectivity index (χ1n) is 20.9. The lowest BCUT2D eigenvalue weighted by Gasteiger charge is -2.30. The second kappa shape index (κ2) is 28.3. The minimum atomic E-state index is -0.508. The van der Waals surface area contributed by atoms with E-state index in [-0.39, 0.29) is 72.1 Å². The van der Waals surface area contributed by atoms with Crippen molar-refractivity contribution in [2.24, 2.45) is 0 Å². The average molecular weight is 1030 g/mol. The van der Waals surface area contributed by atoms with Crippen molar-refractivity contribution in [2.45, 2.75) is 51.4 Å². The highest BCUT2D eigenvalue weighted by atomic mass is 35.5. The van der Waals surface area contributed by atoms with Crippen LogP contribution in [0, 0.1) is 24.7 Å². The SMILES string of the molecule is C.C#CCOC(=O)c1ccc(C2N[C@H](C(=O)OC)Cc3c2[nH]c2ccccc32)cc1.C#CCOC(=O)c1ccc(C2N[C@H](C(=O)OC)Cc3c2[nH]c2ccccc32)cc1.CC(=O)CCl.O=C(Cl)CCl.P. The Labute approximate surface area is 424 Å². The molecule has 0 saturated heterocycles. The average Bonchev–Trinajstić information content (AvgIpc) is 3.95. The smallest absolute Gasteiger partial charge is 0.339 e. The van der Waals surface area contributed by atoms with Crippen LogP contribution in [0.2, 0.25) is 0 Å². The monoisotopic (exact) mass is 1030 g/mol. The molecular weight excluding hydrogens is 978 g/mol. The second-order valence-corrected chi connectivity index (χ2v) is 16.0. The molecule has 4 N–H and O–H groups in total. The molecule has 8 rings (SSSR count). The summed E-state index contributed by atoms with van der Waals surface area (Å²) < 4.78 is 19.9. The normalized spacial score (nSPS) is 15.9. The number of carbonyl (C=O) groups is 6. The number of esters is 4. The molecule has 0 saturated carbocycles. The van der Waals surface area contributed by atoms with E-state index < -0.39 is 29.3 Å². The van der Waals surface area contributed by atoms with Gasteiger partial charge in [0.2, 0.25) is 5.24 Å². The first kappa shape index (κ1) is 57.8. The van der Waals surface area contributed by atoms with Gasteiger partial charge in [-0.1, -0.05) is 79.9 Å². The van der Waals surface area contributed by atoms with Gasteiger partial charge in [0.15, 0.2) is 13.2 Å².